The number of pyridine rings is 1. The molecule has 0 aliphatic rings. The molecule has 0 aliphatic heterocycles. The molecule has 3 heteroatoms. The Kier molecular flexibility index (Phi) is 3.49. The van der Waals surface area contributed by atoms with Crippen molar-refractivity contribution in [1.82, 2.24) is 4.98 Å². The molecule has 0 spiro atoms. The van der Waals surface area contributed by atoms with Crippen LogP contribution >= 0.6 is 11.6 Å². The Labute approximate surface area is 113 Å². The molecule has 96 valence electrons. The van der Waals surface area contributed by atoms with Gasteiger partial charge in [-0.3, -0.25) is 0 Å². The molecule has 1 heterocycles. The van der Waals surface area contributed by atoms with Crippen LogP contribution in [0.4, 0.5) is 0 Å². The zero-order valence-electron chi connectivity index (χ0n) is 11.2. The lowest BCUT2D eigenvalue weighted by Gasteiger charge is -2.20. The average molecular weight is 264 g/mol. The van der Waals surface area contributed by atoms with E-state index in [1.807, 2.05) is 25.1 Å². The van der Waals surface area contributed by atoms with Gasteiger partial charge in [-0.15, -0.1) is 0 Å². The SMILES string of the molecule is CCOc1ccc2nc(Cl)c(C(C)(C)C)cc2c1. The number of hydrogen-bond donors (Lipinski definition) is 0. The first-order valence-electron chi connectivity index (χ1n) is 6.15. The molecule has 1 aromatic carbocycles. The third kappa shape index (κ3) is 2.59. The van der Waals surface area contributed by atoms with Crippen molar-refractivity contribution in [2.24, 2.45) is 0 Å². The molecule has 0 bridgehead atoms. The normalized spacial score (nSPS) is 11.8. The van der Waals surface area contributed by atoms with Gasteiger partial charge in [0.2, 0.25) is 0 Å². The average Bonchev–Trinajstić information content (AvgIpc) is 2.27. The van der Waals surface area contributed by atoms with E-state index in [1.54, 1.807) is 0 Å². The Balaban J connectivity index is 2.60. The van der Waals surface area contributed by atoms with Gasteiger partial charge in [-0.25, -0.2) is 4.98 Å². The number of aromatic nitrogens is 1. The minimum Gasteiger partial charge on any atom is -0.494 e. The van der Waals surface area contributed by atoms with Crippen molar-refractivity contribution < 1.29 is 4.74 Å². The Morgan fingerprint density at radius 3 is 2.56 bits per heavy atom. The summed E-state index contributed by atoms with van der Waals surface area (Å²) in [7, 11) is 0. The number of halogens is 1. The smallest absolute Gasteiger partial charge is 0.133 e. The summed E-state index contributed by atoms with van der Waals surface area (Å²) < 4.78 is 5.51. The molecule has 0 unspecified atom stereocenters. The summed E-state index contributed by atoms with van der Waals surface area (Å²) in [6.45, 7) is 9.04. The van der Waals surface area contributed by atoms with Gasteiger partial charge in [-0.05, 0) is 42.2 Å². The Hall–Kier alpha value is -1.28. The fourth-order valence-electron chi connectivity index (χ4n) is 1.91. The van der Waals surface area contributed by atoms with Gasteiger partial charge in [0, 0.05) is 5.39 Å². The first kappa shape index (κ1) is 13.2. The second-order valence-electron chi connectivity index (χ2n) is 5.36. The van der Waals surface area contributed by atoms with E-state index in [0.717, 1.165) is 22.2 Å². The first-order valence-corrected chi connectivity index (χ1v) is 6.53. The van der Waals surface area contributed by atoms with Crippen LogP contribution in [0.1, 0.15) is 33.3 Å². The van der Waals surface area contributed by atoms with E-state index in [0.29, 0.717) is 11.8 Å². The fraction of sp³-hybridized carbons (Fsp3) is 0.400. The van der Waals surface area contributed by atoms with Crippen molar-refractivity contribution in [2.75, 3.05) is 6.61 Å². The summed E-state index contributed by atoms with van der Waals surface area (Å²) in [5.41, 5.74) is 1.95. The number of nitrogens with zero attached hydrogens (tertiary/aromatic N) is 1. The lowest BCUT2D eigenvalue weighted by atomic mass is 9.87. The summed E-state index contributed by atoms with van der Waals surface area (Å²) in [4.78, 5) is 4.45. The monoisotopic (exact) mass is 263 g/mol. The Morgan fingerprint density at radius 2 is 1.94 bits per heavy atom. The molecule has 0 aliphatic carbocycles. The molecule has 0 N–H and O–H groups in total. The number of benzene rings is 1. The van der Waals surface area contributed by atoms with E-state index in [-0.39, 0.29) is 5.41 Å². The maximum Gasteiger partial charge on any atom is 0.133 e. The van der Waals surface area contributed by atoms with Crippen LogP contribution in [0.25, 0.3) is 10.9 Å². The van der Waals surface area contributed by atoms with Gasteiger partial charge in [0.05, 0.1) is 12.1 Å². The molecule has 0 atom stereocenters. The molecule has 0 amide bonds. The third-order valence-corrected chi connectivity index (χ3v) is 3.15. The number of hydrogen-bond acceptors (Lipinski definition) is 2. The predicted molar refractivity (Wildman–Crippen MR) is 76.6 cm³/mol. The van der Waals surface area contributed by atoms with Crippen LogP contribution in [0, 0.1) is 0 Å². The number of rotatable bonds is 2. The molecule has 0 saturated heterocycles. The van der Waals surface area contributed by atoms with E-state index in [4.69, 9.17) is 16.3 Å². The van der Waals surface area contributed by atoms with Gasteiger partial charge >= 0.3 is 0 Å². The van der Waals surface area contributed by atoms with E-state index in [1.165, 1.54) is 0 Å². The van der Waals surface area contributed by atoms with Gasteiger partial charge in [0.25, 0.3) is 0 Å². The fourth-order valence-corrected chi connectivity index (χ4v) is 2.34. The van der Waals surface area contributed by atoms with Gasteiger partial charge < -0.3 is 4.74 Å². The second kappa shape index (κ2) is 4.77. The van der Waals surface area contributed by atoms with Crippen LogP contribution < -0.4 is 4.74 Å². The first-order chi connectivity index (χ1) is 8.41. The quantitative estimate of drug-likeness (QED) is 0.740. The molecule has 0 saturated carbocycles. The third-order valence-electron chi connectivity index (χ3n) is 2.86. The maximum atomic E-state index is 6.25. The highest BCUT2D eigenvalue weighted by atomic mass is 35.5. The zero-order valence-corrected chi connectivity index (χ0v) is 12.0. The number of fused-ring (bicyclic) bond motifs is 1. The van der Waals surface area contributed by atoms with Crippen LogP contribution in [0.3, 0.4) is 0 Å². The molecule has 0 radical (unpaired) electrons. The van der Waals surface area contributed by atoms with Crippen molar-refractivity contribution >= 4 is 22.5 Å². The Morgan fingerprint density at radius 1 is 1.22 bits per heavy atom. The highest BCUT2D eigenvalue weighted by Gasteiger charge is 2.19. The van der Waals surface area contributed by atoms with Gasteiger partial charge in [0.1, 0.15) is 10.9 Å². The molecule has 2 aromatic rings. The van der Waals surface area contributed by atoms with Crippen LogP contribution in [0.2, 0.25) is 5.15 Å². The number of ether oxygens (including phenoxy) is 1. The molecule has 18 heavy (non-hydrogen) atoms. The van der Waals surface area contributed by atoms with Crippen LogP contribution in [-0.4, -0.2) is 11.6 Å². The zero-order chi connectivity index (χ0) is 13.3. The largest absolute Gasteiger partial charge is 0.494 e. The predicted octanol–water partition coefficient (Wildman–Crippen LogP) is 4.58. The minimum absolute atomic E-state index is 0.0140. The lowest BCUT2D eigenvalue weighted by molar-refractivity contribution is 0.340. The molecule has 2 rings (SSSR count). The summed E-state index contributed by atoms with van der Waals surface area (Å²) in [5.74, 6) is 0.869. The van der Waals surface area contributed by atoms with Gasteiger partial charge in [0.15, 0.2) is 0 Å². The second-order valence-corrected chi connectivity index (χ2v) is 5.72. The van der Waals surface area contributed by atoms with Crippen molar-refractivity contribution in [3.8, 4) is 5.75 Å². The van der Waals surface area contributed by atoms with Crippen molar-refractivity contribution in [1.29, 1.82) is 0 Å². The molecular weight excluding hydrogens is 246 g/mol. The van der Waals surface area contributed by atoms with Crippen molar-refractivity contribution in [3.63, 3.8) is 0 Å². The van der Waals surface area contributed by atoms with Crippen molar-refractivity contribution in [3.05, 3.63) is 35.0 Å². The topological polar surface area (TPSA) is 22.1 Å². The molecule has 0 fully saturated rings. The van der Waals surface area contributed by atoms with Crippen LogP contribution in [0.15, 0.2) is 24.3 Å². The van der Waals surface area contributed by atoms with Crippen LogP contribution in [0.5, 0.6) is 5.75 Å². The van der Waals surface area contributed by atoms with Gasteiger partial charge in [-0.2, -0.15) is 0 Å². The van der Waals surface area contributed by atoms with Crippen molar-refractivity contribution in [2.45, 2.75) is 33.1 Å². The molecule has 2 nitrogen and oxygen atoms in total. The lowest BCUT2D eigenvalue weighted by Crippen LogP contribution is -2.12. The minimum atomic E-state index is -0.0140. The Bertz CT molecular complexity index is 572. The van der Waals surface area contributed by atoms with E-state index in [9.17, 15) is 0 Å². The van der Waals surface area contributed by atoms with E-state index < -0.39 is 0 Å². The molecule has 1 aromatic heterocycles. The summed E-state index contributed by atoms with van der Waals surface area (Å²) >= 11 is 6.25. The highest BCUT2D eigenvalue weighted by Crippen LogP contribution is 2.32. The highest BCUT2D eigenvalue weighted by molar-refractivity contribution is 6.30. The standard InChI is InChI=1S/C15H18ClNO/c1-5-18-11-6-7-13-10(8-11)9-12(14(16)17-13)15(2,3)4/h6-9H,5H2,1-4H3. The molecular formula is C15H18ClNO. The maximum absolute atomic E-state index is 6.25. The van der Waals surface area contributed by atoms with Gasteiger partial charge in [-0.1, -0.05) is 32.4 Å². The summed E-state index contributed by atoms with van der Waals surface area (Å²) in [6, 6.07) is 7.98. The van der Waals surface area contributed by atoms with Crippen LogP contribution in [-0.2, 0) is 5.41 Å². The van der Waals surface area contributed by atoms with E-state index in [2.05, 4.69) is 31.8 Å². The summed E-state index contributed by atoms with van der Waals surface area (Å²) in [5, 5.41) is 1.65. The van der Waals surface area contributed by atoms with E-state index >= 15 is 0 Å². The summed E-state index contributed by atoms with van der Waals surface area (Å²) in [6.07, 6.45) is 0.